The first-order valence-electron chi connectivity index (χ1n) is 8.04. The first-order chi connectivity index (χ1) is 11.0. The van der Waals surface area contributed by atoms with Crippen LogP contribution in [0.1, 0.15) is 54.0 Å². The Morgan fingerprint density at radius 1 is 1.26 bits per heavy atom. The predicted molar refractivity (Wildman–Crippen MR) is 91.7 cm³/mol. The lowest BCUT2D eigenvalue weighted by Gasteiger charge is -2.07. The maximum atomic E-state index is 12.5. The molecule has 0 bridgehead atoms. The zero-order valence-corrected chi connectivity index (χ0v) is 14.1. The quantitative estimate of drug-likeness (QED) is 0.946. The van der Waals surface area contributed by atoms with Gasteiger partial charge in [0.1, 0.15) is 5.69 Å². The van der Waals surface area contributed by atoms with Crippen molar-refractivity contribution in [2.75, 3.05) is 6.54 Å². The minimum absolute atomic E-state index is 0.105. The van der Waals surface area contributed by atoms with Crippen LogP contribution in [0.15, 0.2) is 29.3 Å². The third-order valence-electron chi connectivity index (χ3n) is 4.06. The number of benzene rings is 1. The van der Waals surface area contributed by atoms with Gasteiger partial charge in [0.15, 0.2) is 5.69 Å². The Morgan fingerprint density at radius 2 is 1.96 bits per heavy atom. The topological polar surface area (TPSA) is 59.3 Å². The molecule has 1 amide bonds. The van der Waals surface area contributed by atoms with Crippen LogP contribution in [-0.4, -0.2) is 27.9 Å². The van der Waals surface area contributed by atoms with Crippen LogP contribution in [0, 0.1) is 6.92 Å². The zero-order chi connectivity index (χ0) is 16.6. The number of carbonyl (C=O) groups excluding carboxylic acids is 1. The van der Waals surface area contributed by atoms with E-state index < -0.39 is 0 Å². The Balaban J connectivity index is 2.17. The molecule has 0 aliphatic carbocycles. The lowest BCUT2D eigenvalue weighted by Crippen LogP contribution is -2.29. The summed E-state index contributed by atoms with van der Waals surface area (Å²) in [5.74, 6) is 0.109. The summed E-state index contributed by atoms with van der Waals surface area (Å²) in [6.45, 7) is 9.27. The Hall–Kier alpha value is -2.43. The molecule has 3 rings (SSSR count). The van der Waals surface area contributed by atoms with E-state index in [1.165, 1.54) is 5.56 Å². The van der Waals surface area contributed by atoms with Gasteiger partial charge in [-0.1, -0.05) is 43.7 Å². The van der Waals surface area contributed by atoms with E-state index in [4.69, 9.17) is 4.99 Å². The second-order valence-electron chi connectivity index (χ2n) is 6.16. The summed E-state index contributed by atoms with van der Waals surface area (Å²) in [6, 6.07) is 8.21. The zero-order valence-electron chi connectivity index (χ0n) is 14.1. The van der Waals surface area contributed by atoms with E-state index in [2.05, 4.69) is 43.3 Å². The molecule has 0 atom stereocenters. The molecule has 1 aliphatic rings. The first kappa shape index (κ1) is 15.5. The number of aromatic nitrogens is 2. The number of hydrogen-bond acceptors (Lipinski definition) is 3. The molecule has 0 spiro atoms. The van der Waals surface area contributed by atoms with Crippen molar-refractivity contribution in [3.8, 4) is 0 Å². The molecule has 1 aromatic heterocycles. The van der Waals surface area contributed by atoms with E-state index in [1.54, 1.807) is 4.68 Å². The number of aliphatic imine (C=N–C) groups is 1. The molecule has 0 radical (unpaired) electrons. The van der Waals surface area contributed by atoms with E-state index in [-0.39, 0.29) is 11.8 Å². The Kier molecular flexibility index (Phi) is 4.03. The van der Waals surface area contributed by atoms with Gasteiger partial charge in [-0.2, -0.15) is 5.10 Å². The monoisotopic (exact) mass is 310 g/mol. The molecular weight excluding hydrogens is 288 g/mol. The van der Waals surface area contributed by atoms with Crippen molar-refractivity contribution in [1.29, 1.82) is 0 Å². The normalized spacial score (nSPS) is 14.3. The van der Waals surface area contributed by atoms with Crippen LogP contribution in [0.25, 0.3) is 0 Å². The number of fused-ring (bicyclic) bond motifs is 1. The van der Waals surface area contributed by atoms with Crippen LogP contribution in [0.5, 0.6) is 0 Å². The molecule has 2 heterocycles. The van der Waals surface area contributed by atoms with Gasteiger partial charge in [-0.15, -0.1) is 0 Å². The first-order valence-corrected chi connectivity index (χ1v) is 8.04. The number of nitrogens with one attached hydrogen (secondary N) is 1. The molecule has 5 nitrogen and oxygen atoms in total. The summed E-state index contributed by atoms with van der Waals surface area (Å²) in [6.07, 6.45) is 0. The van der Waals surface area contributed by atoms with Gasteiger partial charge in [0.05, 0.1) is 18.0 Å². The number of amides is 1. The van der Waals surface area contributed by atoms with Gasteiger partial charge in [0.2, 0.25) is 0 Å². The van der Waals surface area contributed by atoms with Crippen molar-refractivity contribution in [2.24, 2.45) is 4.99 Å². The van der Waals surface area contributed by atoms with Crippen LogP contribution < -0.4 is 5.32 Å². The largest absolute Gasteiger partial charge is 0.345 e. The van der Waals surface area contributed by atoms with E-state index >= 15 is 0 Å². The fourth-order valence-corrected chi connectivity index (χ4v) is 2.76. The second-order valence-corrected chi connectivity index (χ2v) is 6.16. The standard InChI is InChI=1S/C18H22N4O/c1-5-22-17-16(15(21-22)11(2)3)20-14(10-19-18(17)23)13-8-6-12(4)7-9-13/h6-9,11H,5,10H2,1-4H3,(H,19,23). The average molecular weight is 310 g/mol. The highest BCUT2D eigenvalue weighted by Gasteiger charge is 2.27. The van der Waals surface area contributed by atoms with Crippen LogP contribution in [-0.2, 0) is 6.54 Å². The lowest BCUT2D eigenvalue weighted by molar-refractivity contribution is 0.0950. The molecule has 0 saturated carbocycles. The highest BCUT2D eigenvalue weighted by Crippen LogP contribution is 2.32. The van der Waals surface area contributed by atoms with Crippen LogP contribution in [0.4, 0.5) is 5.69 Å². The van der Waals surface area contributed by atoms with Crippen molar-refractivity contribution < 1.29 is 4.79 Å². The van der Waals surface area contributed by atoms with Crippen molar-refractivity contribution in [1.82, 2.24) is 15.1 Å². The summed E-state index contributed by atoms with van der Waals surface area (Å²) >= 11 is 0. The number of hydrogen-bond donors (Lipinski definition) is 1. The average Bonchev–Trinajstić information content (AvgIpc) is 2.82. The molecule has 1 aliphatic heterocycles. The van der Waals surface area contributed by atoms with Crippen molar-refractivity contribution in [3.63, 3.8) is 0 Å². The lowest BCUT2D eigenvalue weighted by atomic mass is 10.1. The maximum absolute atomic E-state index is 12.5. The van der Waals surface area contributed by atoms with E-state index in [9.17, 15) is 4.79 Å². The van der Waals surface area contributed by atoms with Gasteiger partial charge < -0.3 is 5.32 Å². The summed E-state index contributed by atoms with van der Waals surface area (Å²) in [5, 5.41) is 7.55. The number of nitrogens with zero attached hydrogens (tertiary/aromatic N) is 3. The summed E-state index contributed by atoms with van der Waals surface area (Å²) in [4.78, 5) is 17.3. The van der Waals surface area contributed by atoms with Gasteiger partial charge in [0, 0.05) is 6.54 Å². The van der Waals surface area contributed by atoms with E-state index in [0.717, 1.165) is 17.0 Å². The highest BCUT2D eigenvalue weighted by atomic mass is 16.2. The molecular formula is C18H22N4O. The smallest absolute Gasteiger partial charge is 0.272 e. The van der Waals surface area contributed by atoms with Gasteiger partial charge in [-0.3, -0.25) is 9.48 Å². The fourth-order valence-electron chi connectivity index (χ4n) is 2.76. The van der Waals surface area contributed by atoms with Crippen LogP contribution in [0.3, 0.4) is 0 Å². The molecule has 23 heavy (non-hydrogen) atoms. The Bertz CT molecular complexity index is 769. The van der Waals surface area contributed by atoms with Gasteiger partial charge in [0.25, 0.3) is 5.91 Å². The molecule has 0 saturated heterocycles. The predicted octanol–water partition coefficient (Wildman–Crippen LogP) is 3.20. The molecule has 2 aromatic rings. The van der Waals surface area contributed by atoms with E-state index in [1.807, 2.05) is 19.1 Å². The summed E-state index contributed by atoms with van der Waals surface area (Å²) in [5.41, 5.74) is 5.26. The molecule has 0 unspecified atom stereocenters. The minimum atomic E-state index is -0.105. The molecule has 120 valence electrons. The van der Waals surface area contributed by atoms with Gasteiger partial charge in [-0.05, 0) is 25.3 Å². The third kappa shape index (κ3) is 2.79. The minimum Gasteiger partial charge on any atom is -0.345 e. The molecule has 0 fully saturated rings. The Morgan fingerprint density at radius 3 is 2.57 bits per heavy atom. The third-order valence-corrected chi connectivity index (χ3v) is 4.06. The molecule has 1 aromatic carbocycles. The van der Waals surface area contributed by atoms with Gasteiger partial charge >= 0.3 is 0 Å². The summed E-state index contributed by atoms with van der Waals surface area (Å²) < 4.78 is 1.75. The van der Waals surface area contributed by atoms with Crippen molar-refractivity contribution in [3.05, 3.63) is 46.8 Å². The SMILES string of the molecule is CCn1nc(C(C)C)c2c1C(=O)NCC(c1ccc(C)cc1)=N2. The van der Waals surface area contributed by atoms with E-state index in [0.29, 0.717) is 24.5 Å². The summed E-state index contributed by atoms with van der Waals surface area (Å²) in [7, 11) is 0. The molecule has 5 heteroatoms. The van der Waals surface area contributed by atoms with Crippen molar-refractivity contribution in [2.45, 2.75) is 40.2 Å². The van der Waals surface area contributed by atoms with Gasteiger partial charge in [-0.25, -0.2) is 4.99 Å². The fraction of sp³-hybridized carbons (Fsp3) is 0.389. The van der Waals surface area contributed by atoms with Crippen LogP contribution >= 0.6 is 0 Å². The van der Waals surface area contributed by atoms with Crippen LogP contribution in [0.2, 0.25) is 0 Å². The van der Waals surface area contributed by atoms with Crippen molar-refractivity contribution >= 4 is 17.3 Å². The number of aryl methyl sites for hydroxylation is 2. The Labute approximate surface area is 136 Å². The highest BCUT2D eigenvalue weighted by molar-refractivity contribution is 6.10. The number of rotatable bonds is 3. The molecule has 1 N–H and O–H groups in total. The maximum Gasteiger partial charge on any atom is 0.272 e. The second kappa shape index (κ2) is 5.99. The number of carbonyl (C=O) groups is 1.